The van der Waals surface area contributed by atoms with Crippen molar-refractivity contribution in [2.45, 2.75) is 51.0 Å². The highest BCUT2D eigenvalue weighted by molar-refractivity contribution is 7.99. The maximum atomic E-state index is 8.48. The van der Waals surface area contributed by atoms with Gasteiger partial charge in [-0.05, 0) is 56.9 Å². The minimum Gasteiger partial charge on any atom is -0.300 e. The van der Waals surface area contributed by atoms with Crippen molar-refractivity contribution in [1.82, 2.24) is 4.90 Å². The lowest BCUT2D eigenvalue weighted by atomic mass is 9.96. The van der Waals surface area contributed by atoms with E-state index in [0.29, 0.717) is 5.75 Å². The molecular weight excluding hydrogens is 228 g/mol. The van der Waals surface area contributed by atoms with Crippen LogP contribution in [0.5, 0.6) is 0 Å². The Labute approximate surface area is 110 Å². The lowest BCUT2D eigenvalue weighted by Crippen LogP contribution is -2.35. The Morgan fingerprint density at radius 1 is 1.18 bits per heavy atom. The summed E-state index contributed by atoms with van der Waals surface area (Å²) in [7, 11) is 0. The second-order valence-corrected chi connectivity index (χ2v) is 6.46. The standard InChI is InChI=1S/C14H24N2S/c15-8-12-17-11-4-10-16-9-3-7-14(16)13-5-1-2-6-13/h13-14H,1-7,9-12H2/t14-/m0/s1. The van der Waals surface area contributed by atoms with Gasteiger partial charge in [-0.1, -0.05) is 12.8 Å². The average Bonchev–Trinajstić information content (AvgIpc) is 2.98. The number of nitriles is 1. The molecule has 2 aliphatic rings. The molecule has 96 valence electrons. The molecule has 0 N–H and O–H groups in total. The van der Waals surface area contributed by atoms with Gasteiger partial charge in [0.15, 0.2) is 0 Å². The molecule has 0 aromatic carbocycles. The van der Waals surface area contributed by atoms with Crippen molar-refractivity contribution >= 4 is 11.8 Å². The normalized spacial score (nSPS) is 26.4. The van der Waals surface area contributed by atoms with Gasteiger partial charge in [-0.25, -0.2) is 0 Å². The third kappa shape index (κ3) is 3.89. The number of nitrogens with zero attached hydrogens (tertiary/aromatic N) is 2. The minimum absolute atomic E-state index is 0.659. The van der Waals surface area contributed by atoms with Gasteiger partial charge in [-0.3, -0.25) is 0 Å². The molecule has 1 atom stereocenters. The Morgan fingerprint density at radius 3 is 2.76 bits per heavy atom. The van der Waals surface area contributed by atoms with Gasteiger partial charge in [0.2, 0.25) is 0 Å². The Morgan fingerprint density at radius 2 is 2.00 bits per heavy atom. The summed E-state index contributed by atoms with van der Waals surface area (Å²) in [5.41, 5.74) is 0. The summed E-state index contributed by atoms with van der Waals surface area (Å²) < 4.78 is 0. The van der Waals surface area contributed by atoms with E-state index in [-0.39, 0.29) is 0 Å². The molecule has 0 unspecified atom stereocenters. The van der Waals surface area contributed by atoms with Gasteiger partial charge in [-0.15, -0.1) is 11.8 Å². The van der Waals surface area contributed by atoms with E-state index in [1.807, 2.05) is 0 Å². The molecule has 1 saturated carbocycles. The smallest absolute Gasteiger partial charge is 0.0808 e. The number of rotatable bonds is 6. The molecule has 0 radical (unpaired) electrons. The molecule has 0 aromatic heterocycles. The van der Waals surface area contributed by atoms with Crippen LogP contribution in [0.15, 0.2) is 0 Å². The first-order chi connectivity index (χ1) is 8.42. The molecule has 1 saturated heterocycles. The van der Waals surface area contributed by atoms with Crippen LogP contribution in [0, 0.1) is 17.2 Å². The van der Waals surface area contributed by atoms with Crippen LogP contribution in [0.25, 0.3) is 0 Å². The van der Waals surface area contributed by atoms with Gasteiger partial charge >= 0.3 is 0 Å². The molecule has 2 nitrogen and oxygen atoms in total. The van der Waals surface area contributed by atoms with Gasteiger partial charge in [-0.2, -0.15) is 5.26 Å². The molecule has 2 rings (SSSR count). The maximum absolute atomic E-state index is 8.48. The van der Waals surface area contributed by atoms with Crippen LogP contribution in [-0.2, 0) is 0 Å². The van der Waals surface area contributed by atoms with Crippen LogP contribution < -0.4 is 0 Å². The van der Waals surface area contributed by atoms with E-state index in [1.54, 1.807) is 11.8 Å². The van der Waals surface area contributed by atoms with Crippen molar-refractivity contribution in [3.8, 4) is 6.07 Å². The van der Waals surface area contributed by atoms with Crippen molar-refractivity contribution in [1.29, 1.82) is 5.26 Å². The third-order valence-corrected chi connectivity index (χ3v) is 5.17. The maximum Gasteiger partial charge on any atom is 0.0808 e. The van der Waals surface area contributed by atoms with Crippen LogP contribution in [0.4, 0.5) is 0 Å². The SMILES string of the molecule is N#CCSCCCN1CCC[C@H]1C1CCCC1. The molecule has 1 aliphatic heterocycles. The van der Waals surface area contributed by atoms with E-state index in [1.165, 1.54) is 58.0 Å². The predicted molar refractivity (Wildman–Crippen MR) is 74.1 cm³/mol. The Balaban J connectivity index is 1.66. The fourth-order valence-electron chi connectivity index (χ4n) is 3.49. The van der Waals surface area contributed by atoms with E-state index in [4.69, 9.17) is 5.26 Å². The Kier molecular flexibility index (Phi) is 5.67. The van der Waals surface area contributed by atoms with Crippen LogP contribution in [0.1, 0.15) is 44.9 Å². The molecular formula is C14H24N2S. The summed E-state index contributed by atoms with van der Waals surface area (Å²) in [5.74, 6) is 2.82. The Hall–Kier alpha value is -0.200. The summed E-state index contributed by atoms with van der Waals surface area (Å²) in [6.07, 6.45) is 9.99. The van der Waals surface area contributed by atoms with Crippen molar-refractivity contribution in [3.63, 3.8) is 0 Å². The van der Waals surface area contributed by atoms with Crippen LogP contribution in [-0.4, -0.2) is 35.5 Å². The van der Waals surface area contributed by atoms with E-state index in [0.717, 1.165) is 17.7 Å². The summed E-state index contributed by atoms with van der Waals surface area (Å²) >= 11 is 1.78. The first kappa shape index (κ1) is 13.2. The van der Waals surface area contributed by atoms with Gasteiger partial charge in [0.05, 0.1) is 11.8 Å². The third-order valence-electron chi connectivity index (χ3n) is 4.26. The van der Waals surface area contributed by atoms with Crippen LogP contribution in [0.3, 0.4) is 0 Å². The monoisotopic (exact) mass is 252 g/mol. The number of hydrogen-bond acceptors (Lipinski definition) is 3. The van der Waals surface area contributed by atoms with Crippen LogP contribution in [0.2, 0.25) is 0 Å². The highest BCUT2D eigenvalue weighted by atomic mass is 32.2. The molecule has 2 fully saturated rings. The van der Waals surface area contributed by atoms with E-state index >= 15 is 0 Å². The summed E-state index contributed by atoms with van der Waals surface area (Å²) in [5, 5.41) is 8.48. The molecule has 0 aromatic rings. The van der Waals surface area contributed by atoms with E-state index in [9.17, 15) is 0 Å². The zero-order chi connectivity index (χ0) is 11.9. The highest BCUT2D eigenvalue weighted by Gasteiger charge is 2.32. The topological polar surface area (TPSA) is 27.0 Å². The molecule has 0 spiro atoms. The summed E-state index contributed by atoms with van der Waals surface area (Å²) in [6.45, 7) is 2.59. The highest BCUT2D eigenvalue weighted by Crippen LogP contribution is 2.35. The largest absolute Gasteiger partial charge is 0.300 e. The van der Waals surface area contributed by atoms with Gasteiger partial charge in [0, 0.05) is 6.04 Å². The molecule has 3 heteroatoms. The van der Waals surface area contributed by atoms with Crippen molar-refractivity contribution in [2.75, 3.05) is 24.6 Å². The molecule has 0 bridgehead atoms. The molecule has 1 aliphatic carbocycles. The minimum atomic E-state index is 0.659. The van der Waals surface area contributed by atoms with Crippen molar-refractivity contribution < 1.29 is 0 Å². The fraction of sp³-hybridized carbons (Fsp3) is 0.929. The number of hydrogen-bond donors (Lipinski definition) is 0. The first-order valence-electron chi connectivity index (χ1n) is 7.10. The van der Waals surface area contributed by atoms with E-state index in [2.05, 4.69) is 11.0 Å². The quantitative estimate of drug-likeness (QED) is 0.679. The van der Waals surface area contributed by atoms with Gasteiger partial charge in [0.25, 0.3) is 0 Å². The fourth-order valence-corrected chi connectivity index (χ4v) is 4.06. The molecule has 0 amide bonds. The van der Waals surface area contributed by atoms with Crippen molar-refractivity contribution in [3.05, 3.63) is 0 Å². The molecule has 17 heavy (non-hydrogen) atoms. The lowest BCUT2D eigenvalue weighted by Gasteiger charge is -2.29. The summed E-state index contributed by atoms with van der Waals surface area (Å²) in [4.78, 5) is 2.74. The first-order valence-corrected chi connectivity index (χ1v) is 8.26. The van der Waals surface area contributed by atoms with Gasteiger partial charge in [0.1, 0.15) is 0 Å². The predicted octanol–water partition coefficient (Wildman–Crippen LogP) is 3.29. The second-order valence-electron chi connectivity index (χ2n) is 5.35. The van der Waals surface area contributed by atoms with Crippen LogP contribution >= 0.6 is 11.8 Å². The number of thioether (sulfide) groups is 1. The Bertz CT molecular complexity index is 255. The van der Waals surface area contributed by atoms with Crippen molar-refractivity contribution in [2.24, 2.45) is 5.92 Å². The van der Waals surface area contributed by atoms with Gasteiger partial charge < -0.3 is 4.90 Å². The average molecular weight is 252 g/mol. The second kappa shape index (κ2) is 7.28. The number of likely N-dealkylation sites (tertiary alicyclic amines) is 1. The lowest BCUT2D eigenvalue weighted by molar-refractivity contribution is 0.191. The van der Waals surface area contributed by atoms with E-state index < -0.39 is 0 Å². The zero-order valence-electron chi connectivity index (χ0n) is 10.7. The summed E-state index contributed by atoms with van der Waals surface area (Å²) in [6, 6.07) is 3.10. The zero-order valence-corrected chi connectivity index (χ0v) is 11.6. The molecule has 1 heterocycles.